The van der Waals surface area contributed by atoms with E-state index in [9.17, 15) is 9.90 Å². The number of hydrogen-bond acceptors (Lipinski definition) is 4. The van der Waals surface area contributed by atoms with E-state index in [1.807, 2.05) is 19.9 Å². The first-order valence-corrected chi connectivity index (χ1v) is 7.36. The average Bonchev–Trinajstić information content (AvgIpc) is 3.02. The average molecular weight is 303 g/mol. The van der Waals surface area contributed by atoms with E-state index in [4.69, 9.17) is 9.15 Å². The molecule has 2 aromatic rings. The van der Waals surface area contributed by atoms with Gasteiger partial charge in [0.25, 0.3) is 5.91 Å². The standard InChI is InChI=1S/C17H21NO4/c1-3-21-15-8-5-4-7-13(15)17(20)18-12(2)11-14(19)16-9-6-10-22-16/h4-10,12,14,19H,3,11H2,1-2H3,(H,18,20). The minimum absolute atomic E-state index is 0.206. The Hall–Kier alpha value is -2.27. The SMILES string of the molecule is CCOc1ccccc1C(=O)NC(C)CC(O)c1ccco1. The molecular formula is C17H21NO4. The second-order valence-corrected chi connectivity index (χ2v) is 5.07. The summed E-state index contributed by atoms with van der Waals surface area (Å²) in [6.07, 6.45) is 1.14. The van der Waals surface area contributed by atoms with Crippen molar-refractivity contribution in [3.8, 4) is 5.75 Å². The summed E-state index contributed by atoms with van der Waals surface area (Å²) in [5.74, 6) is 0.834. The Morgan fingerprint density at radius 2 is 2.09 bits per heavy atom. The molecule has 5 nitrogen and oxygen atoms in total. The Labute approximate surface area is 129 Å². The zero-order chi connectivity index (χ0) is 15.9. The van der Waals surface area contributed by atoms with Crippen molar-refractivity contribution in [2.45, 2.75) is 32.4 Å². The summed E-state index contributed by atoms with van der Waals surface area (Å²) in [7, 11) is 0. The van der Waals surface area contributed by atoms with Gasteiger partial charge in [-0.1, -0.05) is 12.1 Å². The molecule has 2 rings (SSSR count). The van der Waals surface area contributed by atoms with Crippen LogP contribution in [0.4, 0.5) is 0 Å². The van der Waals surface area contributed by atoms with Gasteiger partial charge in [-0.2, -0.15) is 0 Å². The molecule has 1 heterocycles. The van der Waals surface area contributed by atoms with E-state index in [1.165, 1.54) is 6.26 Å². The highest BCUT2D eigenvalue weighted by molar-refractivity contribution is 5.97. The largest absolute Gasteiger partial charge is 0.493 e. The summed E-state index contributed by atoms with van der Waals surface area (Å²) in [5, 5.41) is 12.9. The van der Waals surface area contributed by atoms with Gasteiger partial charge >= 0.3 is 0 Å². The van der Waals surface area contributed by atoms with Gasteiger partial charge in [-0.3, -0.25) is 4.79 Å². The number of rotatable bonds is 7. The van der Waals surface area contributed by atoms with E-state index < -0.39 is 6.10 Å². The van der Waals surface area contributed by atoms with Gasteiger partial charge in [-0.25, -0.2) is 0 Å². The van der Waals surface area contributed by atoms with Crippen LogP contribution in [-0.2, 0) is 0 Å². The van der Waals surface area contributed by atoms with Gasteiger partial charge in [-0.15, -0.1) is 0 Å². The molecule has 5 heteroatoms. The molecule has 2 N–H and O–H groups in total. The number of amides is 1. The third-order valence-electron chi connectivity index (χ3n) is 3.26. The highest BCUT2D eigenvalue weighted by Gasteiger charge is 2.18. The summed E-state index contributed by atoms with van der Waals surface area (Å²) < 4.78 is 10.6. The highest BCUT2D eigenvalue weighted by Crippen LogP contribution is 2.20. The predicted molar refractivity (Wildman–Crippen MR) is 82.8 cm³/mol. The van der Waals surface area contributed by atoms with Gasteiger partial charge in [0.15, 0.2) is 0 Å². The molecule has 0 fully saturated rings. The van der Waals surface area contributed by atoms with Crippen molar-refractivity contribution in [3.05, 3.63) is 54.0 Å². The Balaban J connectivity index is 1.96. The topological polar surface area (TPSA) is 71.7 Å². The summed E-state index contributed by atoms with van der Waals surface area (Å²) in [5.41, 5.74) is 0.490. The van der Waals surface area contributed by atoms with Crippen LogP contribution in [0.3, 0.4) is 0 Å². The number of benzene rings is 1. The van der Waals surface area contributed by atoms with Crippen molar-refractivity contribution in [2.75, 3.05) is 6.61 Å². The molecule has 0 radical (unpaired) electrons. The molecule has 0 aliphatic rings. The lowest BCUT2D eigenvalue weighted by molar-refractivity contribution is 0.0899. The molecule has 1 amide bonds. The monoisotopic (exact) mass is 303 g/mol. The second kappa shape index (κ2) is 7.66. The third kappa shape index (κ3) is 4.11. The molecule has 0 saturated carbocycles. The van der Waals surface area contributed by atoms with Crippen molar-refractivity contribution in [1.29, 1.82) is 0 Å². The van der Waals surface area contributed by atoms with Gasteiger partial charge in [0, 0.05) is 12.5 Å². The number of aliphatic hydroxyl groups is 1. The number of nitrogens with one attached hydrogen (secondary N) is 1. The molecule has 1 aromatic carbocycles. The van der Waals surface area contributed by atoms with E-state index in [-0.39, 0.29) is 11.9 Å². The van der Waals surface area contributed by atoms with Crippen molar-refractivity contribution in [2.24, 2.45) is 0 Å². The Kier molecular flexibility index (Phi) is 5.61. The van der Waals surface area contributed by atoms with Crippen LogP contribution < -0.4 is 10.1 Å². The van der Waals surface area contributed by atoms with Crippen LogP contribution in [-0.4, -0.2) is 23.7 Å². The maximum absolute atomic E-state index is 12.3. The number of aliphatic hydroxyl groups excluding tert-OH is 1. The number of carbonyl (C=O) groups is 1. The molecule has 0 bridgehead atoms. The zero-order valence-electron chi connectivity index (χ0n) is 12.8. The Bertz CT molecular complexity index is 594. The molecule has 1 aromatic heterocycles. The molecule has 22 heavy (non-hydrogen) atoms. The van der Waals surface area contributed by atoms with Gasteiger partial charge in [-0.05, 0) is 38.1 Å². The minimum atomic E-state index is -0.743. The van der Waals surface area contributed by atoms with E-state index in [0.29, 0.717) is 30.1 Å². The van der Waals surface area contributed by atoms with Crippen LogP contribution in [0.25, 0.3) is 0 Å². The van der Waals surface area contributed by atoms with Gasteiger partial charge in [0.05, 0.1) is 18.4 Å². The smallest absolute Gasteiger partial charge is 0.255 e. The second-order valence-electron chi connectivity index (χ2n) is 5.07. The van der Waals surface area contributed by atoms with Gasteiger partial charge in [0.2, 0.25) is 0 Å². The maximum atomic E-state index is 12.3. The molecular weight excluding hydrogens is 282 g/mol. The van der Waals surface area contributed by atoms with Crippen LogP contribution in [0, 0.1) is 0 Å². The fraction of sp³-hybridized carbons (Fsp3) is 0.353. The number of hydrogen-bond donors (Lipinski definition) is 2. The third-order valence-corrected chi connectivity index (χ3v) is 3.26. The first-order valence-electron chi connectivity index (χ1n) is 7.36. The normalized spacial score (nSPS) is 13.4. The van der Waals surface area contributed by atoms with Crippen molar-refractivity contribution in [1.82, 2.24) is 5.32 Å². The lowest BCUT2D eigenvalue weighted by Gasteiger charge is -2.17. The van der Waals surface area contributed by atoms with Crippen LogP contribution in [0.15, 0.2) is 47.1 Å². The zero-order valence-corrected chi connectivity index (χ0v) is 12.8. The minimum Gasteiger partial charge on any atom is -0.493 e. The van der Waals surface area contributed by atoms with Gasteiger partial charge < -0.3 is 19.6 Å². The Morgan fingerprint density at radius 1 is 1.32 bits per heavy atom. The van der Waals surface area contributed by atoms with Crippen molar-refractivity contribution < 1.29 is 19.1 Å². The summed E-state index contributed by atoms with van der Waals surface area (Å²) in [4.78, 5) is 12.3. The lowest BCUT2D eigenvalue weighted by Crippen LogP contribution is -2.34. The first-order chi connectivity index (χ1) is 10.6. The van der Waals surface area contributed by atoms with E-state index in [1.54, 1.807) is 30.3 Å². The van der Waals surface area contributed by atoms with Crippen LogP contribution in [0.5, 0.6) is 5.75 Å². The van der Waals surface area contributed by atoms with Crippen LogP contribution in [0.2, 0.25) is 0 Å². The van der Waals surface area contributed by atoms with Gasteiger partial charge in [0.1, 0.15) is 17.6 Å². The van der Waals surface area contributed by atoms with Crippen LogP contribution in [0.1, 0.15) is 42.5 Å². The predicted octanol–water partition coefficient (Wildman–Crippen LogP) is 2.92. The fourth-order valence-electron chi connectivity index (χ4n) is 2.23. The number of ether oxygens (including phenoxy) is 1. The summed E-state index contributed by atoms with van der Waals surface area (Å²) >= 11 is 0. The summed E-state index contributed by atoms with van der Waals surface area (Å²) in [6, 6.07) is 10.3. The van der Waals surface area contributed by atoms with E-state index in [2.05, 4.69) is 5.32 Å². The number of furan rings is 1. The molecule has 0 saturated heterocycles. The molecule has 2 atom stereocenters. The first kappa shape index (κ1) is 16.1. The van der Waals surface area contributed by atoms with E-state index in [0.717, 1.165) is 0 Å². The van der Waals surface area contributed by atoms with E-state index >= 15 is 0 Å². The quantitative estimate of drug-likeness (QED) is 0.825. The molecule has 118 valence electrons. The Morgan fingerprint density at radius 3 is 2.77 bits per heavy atom. The van der Waals surface area contributed by atoms with Crippen molar-refractivity contribution >= 4 is 5.91 Å². The lowest BCUT2D eigenvalue weighted by atomic mass is 10.1. The highest BCUT2D eigenvalue weighted by atomic mass is 16.5. The molecule has 2 unspecified atom stereocenters. The number of para-hydroxylation sites is 1. The summed E-state index contributed by atoms with van der Waals surface area (Å²) in [6.45, 7) is 4.21. The maximum Gasteiger partial charge on any atom is 0.255 e. The van der Waals surface area contributed by atoms with Crippen LogP contribution >= 0.6 is 0 Å². The molecule has 0 aliphatic heterocycles. The van der Waals surface area contributed by atoms with Crippen molar-refractivity contribution in [3.63, 3.8) is 0 Å². The molecule has 0 spiro atoms. The fourth-order valence-corrected chi connectivity index (χ4v) is 2.23. The molecule has 0 aliphatic carbocycles. The number of carbonyl (C=O) groups excluding carboxylic acids is 1.